The first-order chi connectivity index (χ1) is 20.2. The van der Waals surface area contributed by atoms with Gasteiger partial charge < -0.3 is 41.0 Å². The van der Waals surface area contributed by atoms with E-state index in [1.807, 2.05) is 0 Å². The molecule has 2 aliphatic rings. The van der Waals surface area contributed by atoms with Gasteiger partial charge in [-0.3, -0.25) is 19.6 Å². The second-order valence-corrected chi connectivity index (χ2v) is 10.3. The summed E-state index contributed by atoms with van der Waals surface area (Å²) in [5.41, 5.74) is 13.1. The summed E-state index contributed by atoms with van der Waals surface area (Å²) in [6.45, 7) is 2.05. The van der Waals surface area contributed by atoms with E-state index < -0.39 is 60.3 Å². The molecular weight excluding hydrogens is 548 g/mol. The van der Waals surface area contributed by atoms with Gasteiger partial charge in [0, 0.05) is 51.0 Å². The first-order valence-corrected chi connectivity index (χ1v) is 13.8. The lowest BCUT2D eigenvalue weighted by molar-refractivity contribution is -0.181. The van der Waals surface area contributed by atoms with Crippen molar-refractivity contribution in [2.75, 3.05) is 26.2 Å². The van der Waals surface area contributed by atoms with Gasteiger partial charge in [0.05, 0.1) is 0 Å². The minimum atomic E-state index is -2.40. The van der Waals surface area contributed by atoms with E-state index in [1.165, 1.54) is 49.1 Å². The van der Waals surface area contributed by atoms with E-state index in [0.29, 0.717) is 37.3 Å². The quantitative estimate of drug-likeness (QED) is 0.233. The molecule has 42 heavy (non-hydrogen) atoms. The Kier molecular flexibility index (Phi) is 10.5. The third kappa shape index (κ3) is 7.26. The number of aliphatic hydroxyl groups is 2. The van der Waals surface area contributed by atoms with E-state index in [1.54, 1.807) is 9.80 Å². The van der Waals surface area contributed by atoms with Crippen LogP contribution in [0.4, 0.5) is 0 Å². The summed E-state index contributed by atoms with van der Waals surface area (Å²) in [6.07, 6.45) is 1.44. The van der Waals surface area contributed by atoms with Gasteiger partial charge in [-0.05, 0) is 61.1 Å². The molecule has 4 heterocycles. The molecule has 14 nitrogen and oxygen atoms in total. The number of ether oxygens (including phenoxy) is 2. The van der Waals surface area contributed by atoms with Crippen LogP contribution < -0.4 is 11.5 Å². The highest BCUT2D eigenvalue weighted by atomic mass is 16.6. The van der Waals surface area contributed by atoms with Gasteiger partial charge in [-0.2, -0.15) is 0 Å². The summed E-state index contributed by atoms with van der Waals surface area (Å²) in [5, 5.41) is 21.2. The lowest BCUT2D eigenvalue weighted by atomic mass is 10.0. The van der Waals surface area contributed by atoms with Crippen molar-refractivity contribution < 1.29 is 38.9 Å². The standard InChI is InChI=1S/C28H36N6O8/c29-19(25(37)33-13-1-2-14-33)23(17-5-9-31-10-6-17)41-27(39)21(35)22(36)28(40)42-24(18-7-11-32-12-8-18)20(30)26(38)34-15-3-4-16-34/h5-12,19-24,35-36H,1-4,13-16,29-30H2/t19-,20-,21?,22?,23+,24+/m0/s1. The fourth-order valence-corrected chi connectivity index (χ4v) is 5.01. The van der Waals surface area contributed by atoms with E-state index in [4.69, 9.17) is 20.9 Å². The molecular formula is C28H36N6O8. The molecule has 2 fully saturated rings. The Labute approximate surface area is 242 Å². The predicted octanol–water partition coefficient (Wildman–Crippen LogP) is -1.03. The lowest BCUT2D eigenvalue weighted by Crippen LogP contribution is -2.50. The van der Waals surface area contributed by atoms with Crippen molar-refractivity contribution >= 4 is 23.8 Å². The Bertz CT molecular complexity index is 1130. The number of amides is 2. The molecule has 0 aliphatic carbocycles. The van der Waals surface area contributed by atoms with E-state index >= 15 is 0 Å². The largest absolute Gasteiger partial charge is 0.453 e. The zero-order valence-corrected chi connectivity index (χ0v) is 23.0. The Balaban J connectivity index is 1.47. The van der Waals surface area contributed by atoms with Crippen LogP contribution in [0.1, 0.15) is 49.0 Å². The van der Waals surface area contributed by atoms with Gasteiger partial charge in [-0.25, -0.2) is 9.59 Å². The second kappa shape index (κ2) is 14.3. The number of nitrogens with zero attached hydrogens (tertiary/aromatic N) is 4. The summed E-state index contributed by atoms with van der Waals surface area (Å²) in [5.74, 6) is -3.73. The third-order valence-corrected chi connectivity index (χ3v) is 7.40. The van der Waals surface area contributed by atoms with Crippen molar-refractivity contribution in [1.29, 1.82) is 0 Å². The summed E-state index contributed by atoms with van der Waals surface area (Å²) in [6, 6.07) is 3.32. The molecule has 0 saturated carbocycles. The van der Waals surface area contributed by atoms with Crippen LogP contribution in [0.5, 0.6) is 0 Å². The minimum absolute atomic E-state index is 0.326. The minimum Gasteiger partial charge on any atom is -0.453 e. The van der Waals surface area contributed by atoms with Gasteiger partial charge in [0.1, 0.15) is 12.1 Å². The second-order valence-electron chi connectivity index (χ2n) is 10.3. The van der Waals surface area contributed by atoms with E-state index in [0.717, 1.165) is 25.7 Å². The molecule has 2 unspecified atom stereocenters. The number of hydrogen-bond acceptors (Lipinski definition) is 12. The fraction of sp³-hybridized carbons (Fsp3) is 0.500. The van der Waals surface area contributed by atoms with Gasteiger partial charge in [0.2, 0.25) is 11.8 Å². The highest BCUT2D eigenvalue weighted by Crippen LogP contribution is 2.26. The van der Waals surface area contributed by atoms with Gasteiger partial charge in [0.25, 0.3) is 0 Å². The van der Waals surface area contributed by atoms with Crippen molar-refractivity contribution in [2.45, 2.75) is 62.2 Å². The van der Waals surface area contributed by atoms with Crippen LogP contribution in [-0.4, -0.2) is 104 Å². The first-order valence-electron chi connectivity index (χ1n) is 13.8. The van der Waals surface area contributed by atoms with E-state index in [2.05, 4.69) is 9.97 Å². The Morgan fingerprint density at radius 3 is 1.26 bits per heavy atom. The molecule has 6 atom stereocenters. The zero-order chi connectivity index (χ0) is 30.2. The Morgan fingerprint density at radius 2 is 0.952 bits per heavy atom. The molecule has 2 saturated heterocycles. The van der Waals surface area contributed by atoms with Crippen LogP contribution in [0, 0.1) is 0 Å². The van der Waals surface area contributed by atoms with Crippen LogP contribution >= 0.6 is 0 Å². The number of esters is 2. The van der Waals surface area contributed by atoms with Crippen molar-refractivity contribution in [3.05, 3.63) is 60.2 Å². The zero-order valence-electron chi connectivity index (χ0n) is 23.0. The number of carbonyl (C=O) groups is 4. The average Bonchev–Trinajstić information content (AvgIpc) is 3.76. The smallest absolute Gasteiger partial charge is 0.339 e. The summed E-state index contributed by atoms with van der Waals surface area (Å²) < 4.78 is 10.8. The molecule has 0 spiro atoms. The van der Waals surface area contributed by atoms with Crippen LogP contribution in [0.25, 0.3) is 0 Å². The maximum absolute atomic E-state index is 13.0. The Hall–Kier alpha value is -3.98. The SMILES string of the molecule is N[C@H](C(=O)N1CCCC1)[C@H](OC(=O)C(O)C(O)C(=O)O[C@H](c1ccncc1)[C@H](N)C(=O)N1CCCC1)c1ccncc1. The average molecular weight is 585 g/mol. The van der Waals surface area contributed by atoms with Gasteiger partial charge in [0.15, 0.2) is 24.4 Å². The van der Waals surface area contributed by atoms with Crippen LogP contribution in [-0.2, 0) is 28.7 Å². The molecule has 2 aromatic rings. The highest BCUT2D eigenvalue weighted by Gasteiger charge is 2.41. The predicted molar refractivity (Wildman–Crippen MR) is 146 cm³/mol. The van der Waals surface area contributed by atoms with Crippen molar-refractivity contribution in [3.63, 3.8) is 0 Å². The van der Waals surface area contributed by atoms with Gasteiger partial charge in [-0.1, -0.05) is 0 Å². The van der Waals surface area contributed by atoms with Crippen molar-refractivity contribution in [1.82, 2.24) is 19.8 Å². The van der Waals surface area contributed by atoms with E-state index in [-0.39, 0.29) is 0 Å². The number of nitrogens with two attached hydrogens (primary N) is 2. The number of aliphatic hydroxyl groups excluding tert-OH is 2. The number of aromatic nitrogens is 2. The molecule has 2 aromatic heterocycles. The number of rotatable bonds is 11. The summed E-state index contributed by atoms with van der Waals surface area (Å²) in [7, 11) is 0. The molecule has 4 rings (SSSR count). The summed E-state index contributed by atoms with van der Waals surface area (Å²) >= 11 is 0. The number of likely N-dealkylation sites (tertiary alicyclic amines) is 2. The van der Waals surface area contributed by atoms with E-state index in [9.17, 15) is 29.4 Å². The normalized spacial score (nSPS) is 19.3. The van der Waals surface area contributed by atoms with Crippen LogP contribution in [0.15, 0.2) is 49.1 Å². The number of hydrogen-bond donors (Lipinski definition) is 4. The number of carbonyl (C=O) groups excluding carboxylic acids is 4. The lowest BCUT2D eigenvalue weighted by Gasteiger charge is -2.29. The van der Waals surface area contributed by atoms with Crippen molar-refractivity contribution in [2.24, 2.45) is 11.5 Å². The van der Waals surface area contributed by atoms with Crippen LogP contribution in [0.3, 0.4) is 0 Å². The maximum atomic E-state index is 13.0. The number of pyridine rings is 2. The van der Waals surface area contributed by atoms with Crippen molar-refractivity contribution in [3.8, 4) is 0 Å². The Morgan fingerprint density at radius 1 is 0.643 bits per heavy atom. The monoisotopic (exact) mass is 584 g/mol. The topological polar surface area (TPSA) is 212 Å². The maximum Gasteiger partial charge on any atom is 0.339 e. The first kappa shape index (κ1) is 31.0. The molecule has 2 aliphatic heterocycles. The van der Waals surface area contributed by atoms with Gasteiger partial charge >= 0.3 is 11.9 Å². The molecule has 14 heteroatoms. The van der Waals surface area contributed by atoms with Crippen LogP contribution in [0.2, 0.25) is 0 Å². The molecule has 0 bridgehead atoms. The fourth-order valence-electron chi connectivity index (χ4n) is 5.01. The molecule has 6 N–H and O–H groups in total. The highest BCUT2D eigenvalue weighted by molar-refractivity contribution is 5.87. The molecule has 226 valence electrons. The van der Waals surface area contributed by atoms with Gasteiger partial charge in [-0.15, -0.1) is 0 Å². The molecule has 2 amide bonds. The molecule has 0 radical (unpaired) electrons. The molecule has 0 aromatic carbocycles. The summed E-state index contributed by atoms with van der Waals surface area (Å²) in [4.78, 5) is 62.8. The third-order valence-electron chi connectivity index (χ3n) is 7.40.